The van der Waals surface area contributed by atoms with Crippen molar-refractivity contribution in [1.82, 2.24) is 10.3 Å². The topological polar surface area (TPSA) is 37.3 Å². The molecule has 0 atom stereocenters. The van der Waals surface area contributed by atoms with E-state index in [1.54, 1.807) is 0 Å². The minimum atomic E-state index is 0.883. The van der Waals surface area contributed by atoms with Gasteiger partial charge in [0.05, 0.1) is 11.2 Å². The SMILES string of the molecule is CN=C(NC)c1c(C)c(-c2ccccc2)nc2ccccc12. The number of amidine groups is 1. The Morgan fingerprint density at radius 3 is 2.36 bits per heavy atom. The molecule has 1 heterocycles. The van der Waals surface area contributed by atoms with Crippen LogP contribution >= 0.6 is 0 Å². The van der Waals surface area contributed by atoms with Crippen LogP contribution in [0.5, 0.6) is 0 Å². The number of rotatable bonds is 2. The van der Waals surface area contributed by atoms with Crippen LogP contribution in [0.2, 0.25) is 0 Å². The van der Waals surface area contributed by atoms with Crippen molar-refractivity contribution in [3.05, 3.63) is 65.7 Å². The van der Waals surface area contributed by atoms with Crippen LogP contribution in [0.25, 0.3) is 22.2 Å². The highest BCUT2D eigenvalue weighted by Gasteiger charge is 2.16. The lowest BCUT2D eigenvalue weighted by atomic mass is 9.97. The monoisotopic (exact) mass is 289 g/mol. The molecule has 0 aliphatic rings. The average Bonchev–Trinajstić information content (AvgIpc) is 2.58. The Kier molecular flexibility index (Phi) is 3.88. The Morgan fingerprint density at radius 1 is 1.00 bits per heavy atom. The number of benzene rings is 2. The predicted molar refractivity (Wildman–Crippen MR) is 93.4 cm³/mol. The third-order valence-electron chi connectivity index (χ3n) is 3.88. The van der Waals surface area contributed by atoms with Gasteiger partial charge in [-0.25, -0.2) is 4.98 Å². The Bertz CT molecular complexity index is 836. The quantitative estimate of drug-likeness (QED) is 0.575. The fourth-order valence-electron chi connectivity index (χ4n) is 2.84. The molecule has 0 bridgehead atoms. The number of nitrogens with zero attached hydrogens (tertiary/aromatic N) is 2. The van der Waals surface area contributed by atoms with E-state index in [-0.39, 0.29) is 0 Å². The van der Waals surface area contributed by atoms with Crippen molar-refractivity contribution in [3.63, 3.8) is 0 Å². The lowest BCUT2D eigenvalue weighted by Crippen LogP contribution is -2.21. The van der Waals surface area contributed by atoms with E-state index in [4.69, 9.17) is 4.98 Å². The van der Waals surface area contributed by atoms with E-state index in [1.165, 1.54) is 0 Å². The number of pyridine rings is 1. The largest absolute Gasteiger partial charge is 0.373 e. The van der Waals surface area contributed by atoms with E-state index in [9.17, 15) is 0 Å². The summed E-state index contributed by atoms with van der Waals surface area (Å²) in [5, 5.41) is 4.32. The van der Waals surface area contributed by atoms with Gasteiger partial charge in [0.25, 0.3) is 0 Å². The number of fused-ring (bicyclic) bond motifs is 1. The molecule has 2 aromatic carbocycles. The highest BCUT2D eigenvalue weighted by atomic mass is 15.0. The maximum Gasteiger partial charge on any atom is 0.128 e. The van der Waals surface area contributed by atoms with Gasteiger partial charge in [-0.2, -0.15) is 0 Å². The van der Waals surface area contributed by atoms with Crippen molar-refractivity contribution in [2.24, 2.45) is 4.99 Å². The molecule has 0 unspecified atom stereocenters. The molecule has 3 aromatic rings. The van der Waals surface area contributed by atoms with Gasteiger partial charge in [-0.05, 0) is 18.6 Å². The molecule has 0 spiro atoms. The molecule has 0 saturated carbocycles. The van der Waals surface area contributed by atoms with Crippen LogP contribution in [0.3, 0.4) is 0 Å². The normalized spacial score (nSPS) is 11.7. The first-order chi connectivity index (χ1) is 10.8. The summed E-state index contributed by atoms with van der Waals surface area (Å²) in [6, 6.07) is 18.5. The van der Waals surface area contributed by atoms with E-state index in [0.717, 1.165) is 39.1 Å². The first kappa shape index (κ1) is 14.3. The van der Waals surface area contributed by atoms with Gasteiger partial charge in [0, 0.05) is 30.6 Å². The summed E-state index contributed by atoms with van der Waals surface area (Å²) in [5.74, 6) is 0.883. The van der Waals surface area contributed by atoms with Crippen molar-refractivity contribution >= 4 is 16.7 Å². The van der Waals surface area contributed by atoms with E-state index in [0.29, 0.717) is 0 Å². The summed E-state index contributed by atoms with van der Waals surface area (Å²) in [6.07, 6.45) is 0. The highest BCUT2D eigenvalue weighted by Crippen LogP contribution is 2.29. The van der Waals surface area contributed by atoms with Crippen molar-refractivity contribution < 1.29 is 0 Å². The van der Waals surface area contributed by atoms with Gasteiger partial charge in [0.1, 0.15) is 5.84 Å². The van der Waals surface area contributed by atoms with E-state index in [2.05, 4.69) is 35.4 Å². The number of para-hydroxylation sites is 1. The van der Waals surface area contributed by atoms with Gasteiger partial charge in [-0.1, -0.05) is 48.5 Å². The van der Waals surface area contributed by atoms with Gasteiger partial charge in [-0.15, -0.1) is 0 Å². The third-order valence-corrected chi connectivity index (χ3v) is 3.88. The molecule has 0 saturated heterocycles. The second-order valence-electron chi connectivity index (χ2n) is 5.17. The smallest absolute Gasteiger partial charge is 0.128 e. The fraction of sp³-hybridized carbons (Fsp3) is 0.158. The number of aromatic nitrogens is 1. The second-order valence-corrected chi connectivity index (χ2v) is 5.17. The summed E-state index contributed by atoms with van der Waals surface area (Å²) in [7, 11) is 3.71. The first-order valence-corrected chi connectivity index (χ1v) is 7.36. The van der Waals surface area contributed by atoms with Gasteiger partial charge >= 0.3 is 0 Å². The van der Waals surface area contributed by atoms with Crippen LogP contribution < -0.4 is 5.32 Å². The zero-order valence-electron chi connectivity index (χ0n) is 13.1. The minimum Gasteiger partial charge on any atom is -0.373 e. The van der Waals surface area contributed by atoms with Crippen LogP contribution in [0.4, 0.5) is 0 Å². The minimum absolute atomic E-state index is 0.883. The van der Waals surface area contributed by atoms with Gasteiger partial charge < -0.3 is 5.32 Å². The van der Waals surface area contributed by atoms with Crippen molar-refractivity contribution in [3.8, 4) is 11.3 Å². The van der Waals surface area contributed by atoms with Gasteiger partial charge in [-0.3, -0.25) is 4.99 Å². The third kappa shape index (κ3) is 2.35. The molecular weight excluding hydrogens is 270 g/mol. The summed E-state index contributed by atoms with van der Waals surface area (Å²) in [4.78, 5) is 9.27. The molecule has 3 nitrogen and oxygen atoms in total. The second kappa shape index (κ2) is 5.98. The molecule has 22 heavy (non-hydrogen) atoms. The van der Waals surface area contributed by atoms with Gasteiger partial charge in [0.15, 0.2) is 0 Å². The molecule has 0 aliphatic carbocycles. The van der Waals surface area contributed by atoms with Crippen LogP contribution in [0.15, 0.2) is 59.6 Å². The van der Waals surface area contributed by atoms with Crippen LogP contribution in [0, 0.1) is 6.92 Å². The standard InChI is InChI=1S/C19H19N3/c1-13-17(19(20-2)21-3)15-11-7-8-12-16(15)22-18(13)14-9-5-4-6-10-14/h4-12H,1-3H3,(H,20,21). The lowest BCUT2D eigenvalue weighted by Gasteiger charge is -2.16. The number of hydrogen-bond acceptors (Lipinski definition) is 2. The molecule has 0 amide bonds. The summed E-state index contributed by atoms with van der Waals surface area (Å²) in [5.41, 5.74) is 5.37. The van der Waals surface area contributed by atoms with Crippen LogP contribution in [-0.4, -0.2) is 24.9 Å². The molecule has 1 aromatic heterocycles. The number of nitrogens with one attached hydrogen (secondary N) is 1. The van der Waals surface area contributed by atoms with E-state index >= 15 is 0 Å². The number of aliphatic imine (C=N–C) groups is 1. The fourth-order valence-corrected chi connectivity index (χ4v) is 2.84. The van der Waals surface area contributed by atoms with E-state index < -0.39 is 0 Å². The molecule has 0 radical (unpaired) electrons. The van der Waals surface area contributed by atoms with Crippen LogP contribution in [0.1, 0.15) is 11.1 Å². The first-order valence-electron chi connectivity index (χ1n) is 7.36. The Balaban J connectivity index is 2.39. The molecule has 1 N–H and O–H groups in total. The highest BCUT2D eigenvalue weighted by molar-refractivity contribution is 6.11. The van der Waals surface area contributed by atoms with E-state index in [1.807, 2.05) is 50.5 Å². The molecule has 3 heteroatoms. The molecule has 0 aliphatic heterocycles. The molecule has 3 rings (SSSR count). The maximum atomic E-state index is 4.87. The Labute approximate surface area is 130 Å². The van der Waals surface area contributed by atoms with Crippen molar-refractivity contribution in [2.45, 2.75) is 6.92 Å². The zero-order valence-corrected chi connectivity index (χ0v) is 13.1. The molecular formula is C19H19N3. The lowest BCUT2D eigenvalue weighted by molar-refractivity contribution is 1.14. The Morgan fingerprint density at radius 2 is 1.68 bits per heavy atom. The van der Waals surface area contributed by atoms with Crippen molar-refractivity contribution in [2.75, 3.05) is 14.1 Å². The molecule has 0 fully saturated rings. The molecule has 110 valence electrons. The van der Waals surface area contributed by atoms with Crippen LogP contribution in [-0.2, 0) is 0 Å². The summed E-state index contributed by atoms with van der Waals surface area (Å²) in [6.45, 7) is 2.11. The number of hydrogen-bond donors (Lipinski definition) is 1. The maximum absolute atomic E-state index is 4.87. The van der Waals surface area contributed by atoms with Crippen molar-refractivity contribution in [1.29, 1.82) is 0 Å². The average molecular weight is 289 g/mol. The summed E-state index contributed by atoms with van der Waals surface area (Å²) < 4.78 is 0. The van der Waals surface area contributed by atoms with Gasteiger partial charge in [0.2, 0.25) is 0 Å². The predicted octanol–water partition coefficient (Wildman–Crippen LogP) is 3.81. The zero-order chi connectivity index (χ0) is 15.5. The summed E-state index contributed by atoms with van der Waals surface area (Å²) >= 11 is 0. The Hall–Kier alpha value is -2.68.